The molecule has 1 aromatic carbocycles. The first kappa shape index (κ1) is 13.7. The second-order valence-corrected chi connectivity index (χ2v) is 6.08. The molecule has 0 bridgehead atoms. The number of anilines is 1. The second-order valence-electron chi connectivity index (χ2n) is 5.81. The minimum atomic E-state index is -0.0566. The summed E-state index contributed by atoms with van der Waals surface area (Å²) in [6, 6.07) is 10.4. The van der Waals surface area contributed by atoms with E-state index in [2.05, 4.69) is 49.1 Å². The van der Waals surface area contributed by atoms with Crippen LogP contribution in [0.15, 0.2) is 30.3 Å². The lowest BCUT2D eigenvalue weighted by Crippen LogP contribution is -2.53. The van der Waals surface area contributed by atoms with Crippen LogP contribution in [0, 0.1) is 0 Å². The molecule has 0 amide bonds. The zero-order valence-corrected chi connectivity index (χ0v) is 12.7. The maximum Gasteiger partial charge on any atom is 0.137 e. The minimum absolute atomic E-state index is 0.0566. The Morgan fingerprint density at radius 1 is 1.35 bits per heavy atom. The van der Waals surface area contributed by atoms with Gasteiger partial charge in [0.1, 0.15) is 5.82 Å². The van der Waals surface area contributed by atoms with Crippen molar-refractivity contribution in [2.45, 2.75) is 25.3 Å². The van der Waals surface area contributed by atoms with E-state index in [0.29, 0.717) is 12.5 Å². The molecule has 1 fully saturated rings. The number of morpholine rings is 1. The molecule has 3 rings (SSSR count). The Bertz CT molecular complexity index is 627. The van der Waals surface area contributed by atoms with Crippen molar-refractivity contribution >= 4 is 28.2 Å². The van der Waals surface area contributed by atoms with Crippen LogP contribution < -0.4 is 4.90 Å². The molecular weight excluding hydrogens is 272 g/mol. The summed E-state index contributed by atoms with van der Waals surface area (Å²) >= 11 is 6.00. The van der Waals surface area contributed by atoms with Gasteiger partial charge in [-0.2, -0.15) is 0 Å². The molecule has 0 atom stereocenters. The monoisotopic (exact) mass is 290 g/mol. The molecule has 0 radical (unpaired) electrons. The Morgan fingerprint density at radius 2 is 2.15 bits per heavy atom. The molecule has 106 valence electrons. The van der Waals surface area contributed by atoms with Crippen molar-refractivity contribution in [3.8, 4) is 0 Å². The molecule has 4 heteroatoms. The van der Waals surface area contributed by atoms with Gasteiger partial charge in [-0.15, -0.1) is 11.6 Å². The predicted octanol–water partition coefficient (Wildman–Crippen LogP) is 3.59. The quantitative estimate of drug-likeness (QED) is 0.791. The zero-order chi connectivity index (χ0) is 14.2. The fourth-order valence-electron chi connectivity index (χ4n) is 2.76. The topological polar surface area (TPSA) is 25.4 Å². The van der Waals surface area contributed by atoms with E-state index in [1.807, 2.05) is 0 Å². The maximum absolute atomic E-state index is 6.00. The highest BCUT2D eigenvalue weighted by molar-refractivity contribution is 6.17. The largest absolute Gasteiger partial charge is 0.377 e. The molecule has 1 saturated heterocycles. The third kappa shape index (κ3) is 2.36. The molecular formula is C16H19ClN2O. The summed E-state index contributed by atoms with van der Waals surface area (Å²) < 4.78 is 5.61. The molecule has 1 aliphatic rings. The third-order valence-electron chi connectivity index (χ3n) is 3.81. The Balaban J connectivity index is 2.18. The van der Waals surface area contributed by atoms with Gasteiger partial charge in [0, 0.05) is 11.9 Å². The first-order chi connectivity index (χ1) is 9.62. The van der Waals surface area contributed by atoms with E-state index in [1.165, 1.54) is 10.8 Å². The first-order valence-electron chi connectivity index (χ1n) is 6.92. The number of hydrogen-bond donors (Lipinski definition) is 0. The van der Waals surface area contributed by atoms with Gasteiger partial charge in [-0.3, -0.25) is 0 Å². The van der Waals surface area contributed by atoms with Crippen molar-refractivity contribution in [2.24, 2.45) is 0 Å². The van der Waals surface area contributed by atoms with Gasteiger partial charge in [0.2, 0.25) is 0 Å². The first-order valence-corrected chi connectivity index (χ1v) is 7.45. The van der Waals surface area contributed by atoms with Gasteiger partial charge in [-0.1, -0.05) is 24.3 Å². The molecule has 0 unspecified atom stereocenters. The van der Waals surface area contributed by atoms with E-state index < -0.39 is 0 Å². The van der Waals surface area contributed by atoms with E-state index in [0.717, 1.165) is 24.7 Å². The van der Waals surface area contributed by atoms with Crippen LogP contribution in [0.5, 0.6) is 0 Å². The van der Waals surface area contributed by atoms with Crippen molar-refractivity contribution in [1.29, 1.82) is 0 Å². The molecule has 1 aliphatic heterocycles. The van der Waals surface area contributed by atoms with Gasteiger partial charge in [-0.05, 0) is 25.3 Å². The van der Waals surface area contributed by atoms with Crippen LogP contribution in [0.2, 0.25) is 0 Å². The molecule has 2 heterocycles. The van der Waals surface area contributed by atoms with Crippen molar-refractivity contribution in [3.63, 3.8) is 0 Å². The molecule has 0 saturated carbocycles. The van der Waals surface area contributed by atoms with Gasteiger partial charge in [0.05, 0.1) is 30.3 Å². The molecule has 2 aromatic rings. The lowest BCUT2D eigenvalue weighted by Gasteiger charge is -2.43. The normalized spacial score (nSPS) is 18.4. The summed E-state index contributed by atoms with van der Waals surface area (Å²) in [5.74, 6) is 1.45. The molecule has 0 spiro atoms. The number of halogens is 1. The number of fused-ring (bicyclic) bond motifs is 1. The second kappa shape index (κ2) is 5.23. The number of rotatable bonds is 2. The lowest BCUT2D eigenvalue weighted by atomic mass is 10.0. The smallest absolute Gasteiger partial charge is 0.137 e. The summed E-state index contributed by atoms with van der Waals surface area (Å²) in [5.41, 5.74) is 0.863. The van der Waals surface area contributed by atoms with Gasteiger partial charge in [0.15, 0.2) is 0 Å². The van der Waals surface area contributed by atoms with Gasteiger partial charge in [-0.25, -0.2) is 4.98 Å². The number of aromatic nitrogens is 1. The van der Waals surface area contributed by atoms with Crippen LogP contribution in [0.3, 0.4) is 0 Å². The maximum atomic E-state index is 6.00. The number of nitrogens with zero attached hydrogens (tertiary/aromatic N) is 2. The standard InChI is InChI=1S/C16H19ClN2O/c1-16(2)11-20-8-7-19(16)15-14-6-4-3-5-12(14)9-13(10-17)18-15/h3-6,9H,7-8,10-11H2,1-2H3. The van der Waals surface area contributed by atoms with Crippen LogP contribution >= 0.6 is 11.6 Å². The highest BCUT2D eigenvalue weighted by Crippen LogP contribution is 2.32. The summed E-state index contributed by atoms with van der Waals surface area (Å²) in [4.78, 5) is 7.12. The van der Waals surface area contributed by atoms with Crippen LogP contribution in [0.1, 0.15) is 19.5 Å². The fourth-order valence-corrected chi connectivity index (χ4v) is 2.90. The van der Waals surface area contributed by atoms with Gasteiger partial charge in [0.25, 0.3) is 0 Å². The van der Waals surface area contributed by atoms with Crippen LogP contribution in [-0.2, 0) is 10.6 Å². The van der Waals surface area contributed by atoms with Crippen LogP contribution in [0.25, 0.3) is 10.8 Å². The summed E-state index contributed by atoms with van der Waals surface area (Å²) in [6.45, 7) is 6.69. The SMILES string of the molecule is CC1(C)COCCN1c1nc(CCl)cc2ccccc12. The Hall–Kier alpha value is -1.32. The van der Waals surface area contributed by atoms with Crippen molar-refractivity contribution < 1.29 is 4.74 Å². The lowest BCUT2D eigenvalue weighted by molar-refractivity contribution is 0.0641. The van der Waals surface area contributed by atoms with Crippen molar-refractivity contribution in [1.82, 2.24) is 4.98 Å². The average Bonchev–Trinajstić information content (AvgIpc) is 2.46. The Kier molecular flexibility index (Phi) is 3.57. The van der Waals surface area contributed by atoms with Crippen molar-refractivity contribution in [3.05, 3.63) is 36.0 Å². The Morgan fingerprint density at radius 3 is 2.90 bits per heavy atom. The number of ether oxygens (including phenoxy) is 1. The number of pyridine rings is 1. The minimum Gasteiger partial charge on any atom is -0.377 e. The molecule has 20 heavy (non-hydrogen) atoms. The highest BCUT2D eigenvalue weighted by atomic mass is 35.5. The predicted molar refractivity (Wildman–Crippen MR) is 83.5 cm³/mol. The van der Waals surface area contributed by atoms with E-state index >= 15 is 0 Å². The molecule has 1 aromatic heterocycles. The zero-order valence-electron chi connectivity index (χ0n) is 11.9. The summed E-state index contributed by atoms with van der Waals surface area (Å²) in [6.07, 6.45) is 0. The van der Waals surface area contributed by atoms with E-state index in [9.17, 15) is 0 Å². The van der Waals surface area contributed by atoms with Crippen LogP contribution in [0.4, 0.5) is 5.82 Å². The fraction of sp³-hybridized carbons (Fsp3) is 0.438. The number of alkyl halides is 1. The van der Waals surface area contributed by atoms with Crippen LogP contribution in [-0.4, -0.2) is 30.3 Å². The summed E-state index contributed by atoms with van der Waals surface area (Å²) in [7, 11) is 0. The molecule has 0 aliphatic carbocycles. The number of hydrogen-bond acceptors (Lipinski definition) is 3. The highest BCUT2D eigenvalue weighted by Gasteiger charge is 2.32. The van der Waals surface area contributed by atoms with Gasteiger partial charge < -0.3 is 9.64 Å². The van der Waals surface area contributed by atoms with E-state index in [-0.39, 0.29) is 5.54 Å². The third-order valence-corrected chi connectivity index (χ3v) is 4.08. The summed E-state index contributed by atoms with van der Waals surface area (Å²) in [5, 5.41) is 2.37. The van der Waals surface area contributed by atoms with Gasteiger partial charge >= 0.3 is 0 Å². The Labute approximate surface area is 124 Å². The molecule has 0 N–H and O–H groups in total. The molecule has 3 nitrogen and oxygen atoms in total. The number of benzene rings is 1. The van der Waals surface area contributed by atoms with Crippen molar-refractivity contribution in [2.75, 3.05) is 24.7 Å². The van der Waals surface area contributed by atoms with E-state index in [1.54, 1.807) is 0 Å². The average molecular weight is 291 g/mol. The van der Waals surface area contributed by atoms with E-state index in [4.69, 9.17) is 21.3 Å².